The maximum absolute atomic E-state index is 5.79. The van der Waals surface area contributed by atoms with Crippen LogP contribution in [0.3, 0.4) is 0 Å². The van der Waals surface area contributed by atoms with Crippen LogP contribution in [0.1, 0.15) is 6.42 Å². The van der Waals surface area contributed by atoms with Gasteiger partial charge in [-0.25, -0.2) is 4.98 Å². The van der Waals surface area contributed by atoms with Gasteiger partial charge in [-0.1, -0.05) is 0 Å². The minimum Gasteiger partial charge on any atom is -0.355 e. The lowest BCUT2D eigenvalue weighted by atomic mass is 10.3. The van der Waals surface area contributed by atoms with E-state index in [-0.39, 0.29) is 0 Å². The SMILES string of the molecule is ClCCN1CCCN(c2ccc(Br)cn2)CC1. The molecule has 2 rings (SSSR count). The fourth-order valence-electron chi connectivity index (χ4n) is 2.10. The van der Waals surface area contributed by atoms with Gasteiger partial charge in [0.05, 0.1) is 0 Å². The largest absolute Gasteiger partial charge is 0.355 e. The summed E-state index contributed by atoms with van der Waals surface area (Å²) in [5.74, 6) is 1.79. The van der Waals surface area contributed by atoms with Crippen molar-refractivity contribution < 1.29 is 0 Å². The maximum Gasteiger partial charge on any atom is 0.128 e. The van der Waals surface area contributed by atoms with Crippen LogP contribution in [0.4, 0.5) is 5.82 Å². The van der Waals surface area contributed by atoms with E-state index in [1.54, 1.807) is 0 Å². The number of alkyl halides is 1. The lowest BCUT2D eigenvalue weighted by molar-refractivity contribution is 0.311. The van der Waals surface area contributed by atoms with Gasteiger partial charge in [-0.15, -0.1) is 11.6 Å². The Kier molecular flexibility index (Phi) is 5.07. The molecule has 0 atom stereocenters. The molecule has 0 unspecified atom stereocenters. The summed E-state index contributed by atoms with van der Waals surface area (Å²) in [4.78, 5) is 9.22. The van der Waals surface area contributed by atoms with E-state index < -0.39 is 0 Å². The number of nitrogens with zero attached hydrogens (tertiary/aromatic N) is 3. The number of halogens is 2. The molecular weight excluding hydrogens is 302 g/mol. The van der Waals surface area contributed by atoms with Crippen molar-refractivity contribution in [3.05, 3.63) is 22.8 Å². The Balaban J connectivity index is 1.96. The van der Waals surface area contributed by atoms with E-state index >= 15 is 0 Å². The quantitative estimate of drug-likeness (QED) is 0.799. The van der Waals surface area contributed by atoms with E-state index in [2.05, 4.69) is 36.8 Å². The van der Waals surface area contributed by atoms with Gasteiger partial charge in [0.1, 0.15) is 5.82 Å². The van der Waals surface area contributed by atoms with Crippen LogP contribution in [-0.2, 0) is 0 Å². The van der Waals surface area contributed by atoms with E-state index in [4.69, 9.17) is 11.6 Å². The van der Waals surface area contributed by atoms with Crippen molar-refractivity contribution in [2.24, 2.45) is 0 Å². The van der Waals surface area contributed by atoms with Crippen molar-refractivity contribution in [3.8, 4) is 0 Å². The lowest BCUT2D eigenvalue weighted by Gasteiger charge is -2.22. The highest BCUT2D eigenvalue weighted by Gasteiger charge is 2.15. The molecule has 5 heteroatoms. The number of rotatable bonds is 3. The molecule has 1 aliphatic rings. The van der Waals surface area contributed by atoms with Crippen molar-refractivity contribution >= 4 is 33.3 Å². The molecule has 1 saturated heterocycles. The minimum absolute atomic E-state index is 0.719. The van der Waals surface area contributed by atoms with E-state index in [9.17, 15) is 0 Å². The molecule has 0 bridgehead atoms. The van der Waals surface area contributed by atoms with Gasteiger partial charge in [0.15, 0.2) is 0 Å². The van der Waals surface area contributed by atoms with Gasteiger partial charge >= 0.3 is 0 Å². The molecule has 0 radical (unpaired) electrons. The molecule has 0 amide bonds. The van der Waals surface area contributed by atoms with Crippen LogP contribution >= 0.6 is 27.5 Å². The molecule has 1 aromatic rings. The highest BCUT2D eigenvalue weighted by Crippen LogP contribution is 2.16. The van der Waals surface area contributed by atoms with Crippen LogP contribution in [0.15, 0.2) is 22.8 Å². The summed E-state index contributed by atoms with van der Waals surface area (Å²) in [5, 5.41) is 0. The summed E-state index contributed by atoms with van der Waals surface area (Å²) < 4.78 is 1.03. The topological polar surface area (TPSA) is 19.4 Å². The second-order valence-corrected chi connectivity index (χ2v) is 5.50. The summed E-state index contributed by atoms with van der Waals surface area (Å²) in [6.07, 6.45) is 3.03. The van der Waals surface area contributed by atoms with Crippen LogP contribution in [0.2, 0.25) is 0 Å². The van der Waals surface area contributed by atoms with Crippen molar-refractivity contribution in [2.75, 3.05) is 43.5 Å². The number of aromatic nitrogens is 1. The van der Waals surface area contributed by atoms with Crippen LogP contribution in [-0.4, -0.2) is 48.5 Å². The van der Waals surface area contributed by atoms with E-state index in [0.717, 1.165) is 48.9 Å². The molecule has 0 aromatic carbocycles. The summed E-state index contributed by atoms with van der Waals surface area (Å²) in [6, 6.07) is 4.12. The van der Waals surface area contributed by atoms with Gasteiger partial charge in [-0.05, 0) is 41.0 Å². The zero-order chi connectivity index (χ0) is 12.1. The Morgan fingerprint density at radius 3 is 2.82 bits per heavy atom. The third-order valence-corrected chi connectivity index (χ3v) is 3.66. The van der Waals surface area contributed by atoms with Crippen molar-refractivity contribution in [1.82, 2.24) is 9.88 Å². The second kappa shape index (κ2) is 6.57. The minimum atomic E-state index is 0.719. The molecule has 17 heavy (non-hydrogen) atoms. The standard InChI is InChI=1S/C12H17BrClN3/c13-11-2-3-12(15-10-11)17-6-1-5-16(7-4-14)8-9-17/h2-3,10H,1,4-9H2. The summed E-state index contributed by atoms with van der Waals surface area (Å²) in [5.41, 5.74) is 0. The summed E-state index contributed by atoms with van der Waals surface area (Å²) in [7, 11) is 0. The van der Waals surface area contributed by atoms with Crippen molar-refractivity contribution in [3.63, 3.8) is 0 Å². The first-order valence-corrected chi connectivity index (χ1v) is 7.27. The van der Waals surface area contributed by atoms with Gasteiger partial charge in [0.2, 0.25) is 0 Å². The maximum atomic E-state index is 5.79. The number of hydrogen-bond acceptors (Lipinski definition) is 3. The molecular formula is C12H17BrClN3. The van der Waals surface area contributed by atoms with Gasteiger partial charge in [0.25, 0.3) is 0 Å². The first-order valence-electron chi connectivity index (χ1n) is 5.94. The first kappa shape index (κ1) is 13.1. The Bertz CT molecular complexity index is 344. The van der Waals surface area contributed by atoms with Gasteiger partial charge in [0, 0.05) is 42.7 Å². The number of hydrogen-bond donors (Lipinski definition) is 0. The van der Waals surface area contributed by atoms with Gasteiger partial charge < -0.3 is 9.80 Å². The molecule has 0 aliphatic carbocycles. The monoisotopic (exact) mass is 317 g/mol. The van der Waals surface area contributed by atoms with E-state index in [1.807, 2.05) is 12.3 Å². The molecule has 0 spiro atoms. The fraction of sp³-hybridized carbons (Fsp3) is 0.583. The first-order chi connectivity index (χ1) is 8.29. The molecule has 1 aliphatic heterocycles. The number of anilines is 1. The van der Waals surface area contributed by atoms with Gasteiger partial charge in [-0.2, -0.15) is 0 Å². The van der Waals surface area contributed by atoms with E-state index in [0.29, 0.717) is 0 Å². The fourth-order valence-corrected chi connectivity index (χ4v) is 2.57. The Hall–Kier alpha value is -0.320. The third-order valence-electron chi connectivity index (χ3n) is 3.03. The van der Waals surface area contributed by atoms with Gasteiger partial charge in [-0.3, -0.25) is 0 Å². The third kappa shape index (κ3) is 3.83. The highest BCUT2D eigenvalue weighted by atomic mass is 79.9. The zero-order valence-electron chi connectivity index (χ0n) is 9.78. The molecule has 1 fully saturated rings. The van der Waals surface area contributed by atoms with E-state index in [1.165, 1.54) is 6.42 Å². The average Bonchev–Trinajstić information content (AvgIpc) is 2.56. The van der Waals surface area contributed by atoms with Crippen LogP contribution in [0, 0.1) is 0 Å². The summed E-state index contributed by atoms with van der Waals surface area (Å²) in [6.45, 7) is 5.31. The van der Waals surface area contributed by atoms with Crippen LogP contribution in [0.5, 0.6) is 0 Å². The molecule has 3 nitrogen and oxygen atoms in total. The molecule has 0 N–H and O–H groups in total. The normalized spacial score (nSPS) is 18.1. The highest BCUT2D eigenvalue weighted by molar-refractivity contribution is 9.10. The predicted octanol–water partition coefficient (Wildman–Crippen LogP) is 2.60. The Labute approximate surface area is 116 Å². The van der Waals surface area contributed by atoms with Crippen LogP contribution in [0.25, 0.3) is 0 Å². The zero-order valence-corrected chi connectivity index (χ0v) is 12.1. The second-order valence-electron chi connectivity index (χ2n) is 4.21. The van der Waals surface area contributed by atoms with Crippen molar-refractivity contribution in [1.29, 1.82) is 0 Å². The average molecular weight is 319 g/mol. The summed E-state index contributed by atoms with van der Waals surface area (Å²) >= 11 is 9.20. The lowest BCUT2D eigenvalue weighted by Crippen LogP contribution is -2.32. The molecule has 0 saturated carbocycles. The molecule has 94 valence electrons. The number of pyridine rings is 1. The Morgan fingerprint density at radius 1 is 1.24 bits per heavy atom. The van der Waals surface area contributed by atoms with Crippen molar-refractivity contribution in [2.45, 2.75) is 6.42 Å². The van der Waals surface area contributed by atoms with Crippen LogP contribution < -0.4 is 4.90 Å². The molecule has 1 aromatic heterocycles. The Morgan fingerprint density at radius 2 is 2.12 bits per heavy atom. The predicted molar refractivity (Wildman–Crippen MR) is 75.9 cm³/mol. The molecule has 2 heterocycles. The smallest absolute Gasteiger partial charge is 0.128 e.